The van der Waals surface area contributed by atoms with Gasteiger partial charge in [0.1, 0.15) is 12.1 Å². The number of nitrogens with zero attached hydrogens (tertiary/aromatic N) is 5. The number of hydrogen-bond acceptors (Lipinski definition) is 6. The van der Waals surface area contributed by atoms with Crippen molar-refractivity contribution in [1.29, 1.82) is 0 Å². The zero-order valence-corrected chi connectivity index (χ0v) is 14.6. The second-order valence-electron chi connectivity index (χ2n) is 6.39. The summed E-state index contributed by atoms with van der Waals surface area (Å²) in [5.41, 5.74) is 1.62. The Hall–Kier alpha value is -2.54. The van der Waals surface area contributed by atoms with Crippen LogP contribution in [0.3, 0.4) is 0 Å². The van der Waals surface area contributed by atoms with Gasteiger partial charge in [-0.3, -0.25) is 9.78 Å². The van der Waals surface area contributed by atoms with E-state index < -0.39 is 0 Å². The highest BCUT2D eigenvalue weighted by Gasteiger charge is 2.24. The molecule has 0 bridgehead atoms. The highest BCUT2D eigenvalue weighted by molar-refractivity contribution is 5.94. The van der Waals surface area contributed by atoms with Gasteiger partial charge in [-0.05, 0) is 18.6 Å². The molecule has 0 aliphatic carbocycles. The zero-order valence-electron chi connectivity index (χ0n) is 14.6. The summed E-state index contributed by atoms with van der Waals surface area (Å²) in [6.07, 6.45) is 5.62. The molecule has 1 saturated heterocycles. The average Bonchev–Trinajstić information content (AvgIpc) is 2.87. The van der Waals surface area contributed by atoms with E-state index in [4.69, 9.17) is 4.74 Å². The maximum atomic E-state index is 12.7. The molecule has 3 rings (SSSR count). The van der Waals surface area contributed by atoms with Crippen molar-refractivity contribution in [1.82, 2.24) is 19.9 Å². The Bertz CT molecular complexity index is 708. The summed E-state index contributed by atoms with van der Waals surface area (Å²) in [6.45, 7) is 2.44. The summed E-state index contributed by atoms with van der Waals surface area (Å²) >= 11 is 0. The number of carbonyl (C=O) groups excluding carboxylic acids is 1. The van der Waals surface area contributed by atoms with Crippen LogP contribution in [-0.4, -0.2) is 66.2 Å². The third-order valence-corrected chi connectivity index (χ3v) is 4.22. The summed E-state index contributed by atoms with van der Waals surface area (Å²) < 4.78 is 5.71. The molecule has 3 heterocycles. The molecule has 132 valence electrons. The lowest BCUT2D eigenvalue weighted by molar-refractivity contribution is 0.0737. The lowest BCUT2D eigenvalue weighted by atomic mass is 10.0. The third-order valence-electron chi connectivity index (χ3n) is 4.22. The Morgan fingerprint density at radius 2 is 2.12 bits per heavy atom. The van der Waals surface area contributed by atoms with E-state index >= 15 is 0 Å². The van der Waals surface area contributed by atoms with E-state index in [9.17, 15) is 4.79 Å². The number of rotatable bonds is 4. The molecule has 2 aromatic rings. The van der Waals surface area contributed by atoms with Gasteiger partial charge in [0.15, 0.2) is 0 Å². The van der Waals surface area contributed by atoms with Gasteiger partial charge < -0.3 is 14.5 Å². The van der Waals surface area contributed by atoms with E-state index in [1.54, 1.807) is 30.9 Å². The van der Waals surface area contributed by atoms with Gasteiger partial charge in [0, 0.05) is 62.8 Å². The normalized spacial score (nSPS) is 17.8. The van der Waals surface area contributed by atoms with Gasteiger partial charge in [0.05, 0.1) is 13.2 Å². The molecule has 1 atom stereocenters. The van der Waals surface area contributed by atoms with Crippen LogP contribution in [0.4, 0.5) is 5.82 Å². The molecule has 0 aromatic carbocycles. The van der Waals surface area contributed by atoms with Crippen molar-refractivity contribution in [2.75, 3.05) is 45.3 Å². The van der Waals surface area contributed by atoms with E-state index in [2.05, 4.69) is 15.0 Å². The summed E-state index contributed by atoms with van der Waals surface area (Å²) in [5.74, 6) is 1.11. The van der Waals surface area contributed by atoms with Crippen LogP contribution in [0.2, 0.25) is 0 Å². The maximum Gasteiger partial charge on any atom is 0.254 e. The number of pyridine rings is 1. The first kappa shape index (κ1) is 17.3. The minimum Gasteiger partial charge on any atom is -0.379 e. The fourth-order valence-corrected chi connectivity index (χ4v) is 2.90. The fourth-order valence-electron chi connectivity index (χ4n) is 2.90. The molecular formula is C18H23N5O2. The molecule has 0 unspecified atom stereocenters. The van der Waals surface area contributed by atoms with E-state index in [1.807, 2.05) is 30.0 Å². The molecule has 1 aliphatic heterocycles. The largest absolute Gasteiger partial charge is 0.379 e. The Morgan fingerprint density at radius 1 is 1.32 bits per heavy atom. The zero-order chi connectivity index (χ0) is 17.6. The number of carbonyl (C=O) groups is 1. The number of amides is 1. The van der Waals surface area contributed by atoms with Crippen molar-refractivity contribution in [2.24, 2.45) is 5.92 Å². The van der Waals surface area contributed by atoms with E-state index in [1.165, 1.54) is 0 Å². The summed E-state index contributed by atoms with van der Waals surface area (Å²) in [5, 5.41) is 0. The second kappa shape index (κ2) is 8.02. The summed E-state index contributed by atoms with van der Waals surface area (Å²) in [6, 6.07) is 5.48. The molecule has 0 saturated carbocycles. The molecule has 0 radical (unpaired) electrons. The van der Waals surface area contributed by atoms with Crippen molar-refractivity contribution in [3.05, 3.63) is 48.2 Å². The first-order valence-corrected chi connectivity index (χ1v) is 8.39. The van der Waals surface area contributed by atoms with Crippen LogP contribution < -0.4 is 4.90 Å². The highest BCUT2D eigenvalue weighted by Crippen LogP contribution is 2.16. The lowest BCUT2D eigenvalue weighted by Crippen LogP contribution is -2.36. The van der Waals surface area contributed by atoms with Crippen LogP contribution in [0.15, 0.2) is 36.9 Å². The van der Waals surface area contributed by atoms with E-state index in [0.29, 0.717) is 31.9 Å². The molecule has 2 aromatic heterocycles. The van der Waals surface area contributed by atoms with E-state index in [0.717, 1.165) is 17.9 Å². The van der Waals surface area contributed by atoms with Crippen LogP contribution in [0.25, 0.3) is 0 Å². The molecule has 0 N–H and O–H groups in total. The molecule has 7 heteroatoms. The van der Waals surface area contributed by atoms with Crippen LogP contribution in [0.5, 0.6) is 0 Å². The number of ether oxygens (including phenoxy) is 1. The van der Waals surface area contributed by atoms with Crippen LogP contribution >= 0.6 is 0 Å². The van der Waals surface area contributed by atoms with Crippen molar-refractivity contribution in [3.63, 3.8) is 0 Å². The topological polar surface area (TPSA) is 71.5 Å². The number of hydrogen-bond donors (Lipinski definition) is 0. The molecule has 7 nitrogen and oxygen atoms in total. The van der Waals surface area contributed by atoms with Gasteiger partial charge in [-0.25, -0.2) is 9.97 Å². The molecule has 1 amide bonds. The summed E-state index contributed by atoms with van der Waals surface area (Å²) in [7, 11) is 3.91. The van der Waals surface area contributed by atoms with Crippen LogP contribution in [0, 0.1) is 5.92 Å². The van der Waals surface area contributed by atoms with Gasteiger partial charge in [0.2, 0.25) is 0 Å². The predicted octanol–water partition coefficient (Wildman–Crippen LogP) is 1.27. The monoisotopic (exact) mass is 341 g/mol. The van der Waals surface area contributed by atoms with Crippen LogP contribution in [0.1, 0.15) is 16.1 Å². The van der Waals surface area contributed by atoms with Crippen molar-refractivity contribution in [2.45, 2.75) is 6.42 Å². The average molecular weight is 341 g/mol. The van der Waals surface area contributed by atoms with Gasteiger partial charge in [-0.15, -0.1) is 0 Å². The first-order chi connectivity index (χ1) is 12.1. The molecule has 1 fully saturated rings. The van der Waals surface area contributed by atoms with Gasteiger partial charge in [-0.1, -0.05) is 0 Å². The molecule has 0 spiro atoms. The minimum atomic E-state index is 0.0227. The third kappa shape index (κ3) is 4.51. The van der Waals surface area contributed by atoms with Crippen molar-refractivity contribution >= 4 is 11.7 Å². The number of anilines is 1. The maximum absolute atomic E-state index is 12.7. The molecule has 1 aliphatic rings. The Labute approximate surface area is 147 Å². The Kier molecular flexibility index (Phi) is 5.55. The number of aromatic nitrogens is 3. The van der Waals surface area contributed by atoms with Gasteiger partial charge >= 0.3 is 0 Å². The minimum absolute atomic E-state index is 0.0227. The quantitative estimate of drug-likeness (QED) is 0.834. The Balaban J connectivity index is 1.70. The molecular weight excluding hydrogens is 318 g/mol. The van der Waals surface area contributed by atoms with Gasteiger partial charge in [0.25, 0.3) is 5.91 Å². The van der Waals surface area contributed by atoms with Crippen molar-refractivity contribution < 1.29 is 9.53 Å². The first-order valence-electron chi connectivity index (χ1n) is 8.39. The lowest BCUT2D eigenvalue weighted by Gasteiger charge is -2.23. The van der Waals surface area contributed by atoms with Crippen molar-refractivity contribution in [3.8, 4) is 0 Å². The standard InChI is InChI=1S/C18H23N5O2/c1-22(2)17-10-16(20-13-21-17)9-14-11-23(7-8-25-12-14)18(24)15-3-5-19-6-4-15/h3-6,10,13-14H,7-9,11-12H2,1-2H3/t14-/m1/s1. The highest BCUT2D eigenvalue weighted by atomic mass is 16.5. The fraction of sp³-hybridized carbons (Fsp3) is 0.444. The van der Waals surface area contributed by atoms with Gasteiger partial charge in [-0.2, -0.15) is 0 Å². The SMILES string of the molecule is CN(C)c1cc(C[C@H]2COCCN(C(=O)c3ccncc3)C2)ncn1. The summed E-state index contributed by atoms with van der Waals surface area (Å²) in [4.78, 5) is 29.1. The Morgan fingerprint density at radius 3 is 2.88 bits per heavy atom. The predicted molar refractivity (Wildman–Crippen MR) is 94.5 cm³/mol. The molecule has 25 heavy (non-hydrogen) atoms. The smallest absolute Gasteiger partial charge is 0.254 e. The van der Waals surface area contributed by atoms with Crippen LogP contribution in [-0.2, 0) is 11.2 Å². The van der Waals surface area contributed by atoms with E-state index in [-0.39, 0.29) is 11.8 Å². The second-order valence-corrected chi connectivity index (χ2v) is 6.39.